The Morgan fingerprint density at radius 1 is 1.32 bits per heavy atom. The van der Waals surface area contributed by atoms with Gasteiger partial charge in [-0.3, -0.25) is 9.69 Å². The molecule has 0 saturated carbocycles. The van der Waals surface area contributed by atoms with Crippen LogP contribution in [0, 0.1) is 0 Å². The second-order valence-corrected chi connectivity index (χ2v) is 5.93. The number of hydrogen-bond acceptors (Lipinski definition) is 2. The van der Waals surface area contributed by atoms with Crippen LogP contribution >= 0.6 is 0 Å². The number of nitrogens with zero attached hydrogens (tertiary/aromatic N) is 2. The normalized spacial score (nSPS) is 15.4. The van der Waals surface area contributed by atoms with Gasteiger partial charge in [0.15, 0.2) is 0 Å². The predicted octanol–water partition coefficient (Wildman–Crippen LogP) is 2.26. The Morgan fingerprint density at radius 2 is 2.05 bits per heavy atom. The van der Waals surface area contributed by atoms with Gasteiger partial charge in [-0.05, 0) is 29.0 Å². The Kier molecular flexibility index (Phi) is 4.25. The molecule has 0 N–H and O–H groups in total. The molecule has 0 radical (unpaired) electrons. The van der Waals surface area contributed by atoms with E-state index in [1.54, 1.807) is 4.90 Å². The van der Waals surface area contributed by atoms with E-state index >= 15 is 0 Å². The molecule has 0 fully saturated rings. The van der Waals surface area contributed by atoms with Crippen molar-refractivity contribution < 1.29 is 4.79 Å². The lowest BCUT2D eigenvalue weighted by molar-refractivity contribution is -0.130. The third kappa shape index (κ3) is 3.35. The minimum atomic E-state index is 0.184. The van der Waals surface area contributed by atoms with Crippen LogP contribution in [0.3, 0.4) is 0 Å². The number of likely N-dealkylation sites (N-methyl/N-ethyl adjacent to an activating group) is 1. The number of hydrogen-bond donors (Lipinski definition) is 0. The summed E-state index contributed by atoms with van der Waals surface area (Å²) in [4.78, 5) is 15.7. The molecule has 104 valence electrons. The molecule has 1 heterocycles. The van der Waals surface area contributed by atoms with Crippen molar-refractivity contribution in [3.63, 3.8) is 0 Å². The third-order valence-electron chi connectivity index (χ3n) is 3.85. The van der Waals surface area contributed by atoms with Gasteiger partial charge in [-0.25, -0.2) is 0 Å². The van der Waals surface area contributed by atoms with Crippen molar-refractivity contribution >= 4 is 5.91 Å². The topological polar surface area (TPSA) is 23.6 Å². The van der Waals surface area contributed by atoms with Crippen molar-refractivity contribution in [1.29, 1.82) is 0 Å². The van der Waals surface area contributed by atoms with E-state index < -0.39 is 0 Å². The Labute approximate surface area is 116 Å². The molecule has 0 atom stereocenters. The van der Waals surface area contributed by atoms with E-state index in [-0.39, 0.29) is 5.91 Å². The standard InChI is InChI=1S/C16H24N2O/c1-12(2)14-6-5-13-7-8-18(10-15(13)9-14)11-16(19)17(3)4/h5-6,9,12H,7-8,10-11H2,1-4H3. The molecule has 1 aliphatic heterocycles. The molecule has 0 saturated heterocycles. The van der Waals surface area contributed by atoms with Crippen molar-refractivity contribution in [2.24, 2.45) is 0 Å². The molecule has 0 spiro atoms. The highest BCUT2D eigenvalue weighted by Gasteiger charge is 2.19. The van der Waals surface area contributed by atoms with Crippen molar-refractivity contribution in [3.05, 3.63) is 34.9 Å². The van der Waals surface area contributed by atoms with Crippen molar-refractivity contribution in [2.75, 3.05) is 27.2 Å². The molecular formula is C16H24N2O. The Balaban J connectivity index is 2.09. The van der Waals surface area contributed by atoms with E-state index in [0.717, 1.165) is 19.5 Å². The molecule has 19 heavy (non-hydrogen) atoms. The first-order valence-corrected chi connectivity index (χ1v) is 7.01. The van der Waals surface area contributed by atoms with E-state index in [4.69, 9.17) is 0 Å². The van der Waals surface area contributed by atoms with Gasteiger partial charge in [0.05, 0.1) is 6.54 Å². The Bertz CT molecular complexity index is 466. The van der Waals surface area contributed by atoms with Crippen LogP contribution in [0.1, 0.15) is 36.5 Å². The summed E-state index contributed by atoms with van der Waals surface area (Å²) >= 11 is 0. The number of carbonyl (C=O) groups is 1. The van der Waals surface area contributed by atoms with Crippen molar-refractivity contribution in [1.82, 2.24) is 9.80 Å². The fraction of sp³-hybridized carbons (Fsp3) is 0.562. The quantitative estimate of drug-likeness (QED) is 0.832. The summed E-state index contributed by atoms with van der Waals surface area (Å²) in [6, 6.07) is 6.81. The molecule has 3 heteroatoms. The molecule has 1 aromatic carbocycles. The number of benzene rings is 1. The lowest BCUT2D eigenvalue weighted by Crippen LogP contribution is -2.39. The van der Waals surface area contributed by atoms with Crippen molar-refractivity contribution in [3.8, 4) is 0 Å². The second kappa shape index (κ2) is 5.74. The average Bonchev–Trinajstić information content (AvgIpc) is 2.37. The fourth-order valence-corrected chi connectivity index (χ4v) is 2.46. The van der Waals surface area contributed by atoms with E-state index in [1.165, 1.54) is 16.7 Å². The summed E-state index contributed by atoms with van der Waals surface area (Å²) in [6.07, 6.45) is 1.05. The van der Waals surface area contributed by atoms with E-state index in [9.17, 15) is 4.79 Å². The highest BCUT2D eigenvalue weighted by molar-refractivity contribution is 5.77. The van der Waals surface area contributed by atoms with Crippen LogP contribution < -0.4 is 0 Å². The van der Waals surface area contributed by atoms with Crippen molar-refractivity contribution in [2.45, 2.75) is 32.7 Å². The summed E-state index contributed by atoms with van der Waals surface area (Å²) in [7, 11) is 3.63. The molecule has 1 aliphatic rings. The first kappa shape index (κ1) is 14.1. The van der Waals surface area contributed by atoms with Crippen LogP contribution in [0.5, 0.6) is 0 Å². The molecule has 3 nitrogen and oxygen atoms in total. The van der Waals surface area contributed by atoms with E-state index in [0.29, 0.717) is 12.5 Å². The van der Waals surface area contributed by atoms with Gasteiger partial charge in [-0.2, -0.15) is 0 Å². The fourth-order valence-electron chi connectivity index (χ4n) is 2.46. The number of fused-ring (bicyclic) bond motifs is 1. The Morgan fingerprint density at radius 3 is 2.68 bits per heavy atom. The second-order valence-electron chi connectivity index (χ2n) is 5.93. The van der Waals surface area contributed by atoms with Gasteiger partial charge in [-0.15, -0.1) is 0 Å². The molecular weight excluding hydrogens is 236 g/mol. The molecule has 0 aromatic heterocycles. The zero-order valence-corrected chi connectivity index (χ0v) is 12.4. The average molecular weight is 260 g/mol. The minimum Gasteiger partial charge on any atom is -0.348 e. The van der Waals surface area contributed by atoms with E-state index in [1.807, 2.05) is 14.1 Å². The molecule has 1 amide bonds. The summed E-state index contributed by atoms with van der Waals surface area (Å²) < 4.78 is 0. The number of rotatable bonds is 3. The van der Waals surface area contributed by atoms with Gasteiger partial charge >= 0.3 is 0 Å². The van der Waals surface area contributed by atoms with Crippen LogP contribution in [0.25, 0.3) is 0 Å². The van der Waals surface area contributed by atoms with Crippen LogP contribution in [0.15, 0.2) is 18.2 Å². The van der Waals surface area contributed by atoms with Gasteiger partial charge in [0.2, 0.25) is 5.91 Å². The number of carbonyl (C=O) groups excluding carboxylic acids is 1. The monoisotopic (exact) mass is 260 g/mol. The maximum atomic E-state index is 11.8. The van der Waals surface area contributed by atoms with Crippen LogP contribution in [-0.4, -0.2) is 42.9 Å². The lowest BCUT2D eigenvalue weighted by atomic mass is 9.93. The summed E-state index contributed by atoms with van der Waals surface area (Å²) in [5, 5.41) is 0. The first-order valence-electron chi connectivity index (χ1n) is 7.01. The minimum absolute atomic E-state index is 0.184. The molecule has 0 bridgehead atoms. The van der Waals surface area contributed by atoms with Gasteiger partial charge in [0.25, 0.3) is 0 Å². The molecule has 0 aliphatic carbocycles. The highest BCUT2D eigenvalue weighted by atomic mass is 16.2. The van der Waals surface area contributed by atoms with Gasteiger partial charge in [-0.1, -0.05) is 32.0 Å². The summed E-state index contributed by atoms with van der Waals surface area (Å²) in [5.74, 6) is 0.743. The van der Waals surface area contributed by atoms with Crippen LogP contribution in [0.4, 0.5) is 0 Å². The Hall–Kier alpha value is -1.35. The summed E-state index contributed by atoms with van der Waals surface area (Å²) in [5.41, 5.74) is 4.22. The van der Waals surface area contributed by atoms with Gasteiger partial charge < -0.3 is 4.90 Å². The maximum Gasteiger partial charge on any atom is 0.236 e. The van der Waals surface area contributed by atoms with Gasteiger partial charge in [0, 0.05) is 27.2 Å². The zero-order valence-electron chi connectivity index (χ0n) is 12.4. The van der Waals surface area contributed by atoms with E-state index in [2.05, 4.69) is 36.9 Å². The summed E-state index contributed by atoms with van der Waals surface area (Å²) in [6.45, 7) is 6.84. The van der Waals surface area contributed by atoms with Crippen LogP contribution in [0.2, 0.25) is 0 Å². The SMILES string of the molecule is CC(C)c1ccc2c(c1)CN(CC(=O)N(C)C)CC2. The zero-order chi connectivity index (χ0) is 14.0. The predicted molar refractivity (Wildman–Crippen MR) is 78.2 cm³/mol. The van der Waals surface area contributed by atoms with Crippen LogP contribution in [-0.2, 0) is 17.8 Å². The molecule has 2 rings (SSSR count). The highest BCUT2D eigenvalue weighted by Crippen LogP contribution is 2.23. The smallest absolute Gasteiger partial charge is 0.236 e. The third-order valence-corrected chi connectivity index (χ3v) is 3.85. The first-order chi connectivity index (χ1) is 8.97. The molecule has 0 unspecified atom stereocenters. The maximum absolute atomic E-state index is 11.8. The lowest BCUT2D eigenvalue weighted by Gasteiger charge is -2.29. The molecule has 1 aromatic rings. The number of amides is 1. The largest absolute Gasteiger partial charge is 0.348 e. The van der Waals surface area contributed by atoms with Gasteiger partial charge in [0.1, 0.15) is 0 Å².